The van der Waals surface area contributed by atoms with Crippen molar-refractivity contribution in [3.05, 3.63) is 35.2 Å². The van der Waals surface area contributed by atoms with Gasteiger partial charge in [0.2, 0.25) is 0 Å². The number of aromatic nitrogens is 2. The molecule has 0 unspecified atom stereocenters. The lowest BCUT2D eigenvalue weighted by Crippen LogP contribution is -2.03. The van der Waals surface area contributed by atoms with Crippen molar-refractivity contribution in [1.29, 1.82) is 0 Å². The van der Waals surface area contributed by atoms with Gasteiger partial charge in [-0.15, -0.1) is 0 Å². The Morgan fingerprint density at radius 1 is 1.04 bits per heavy atom. The molecule has 24 heavy (non-hydrogen) atoms. The van der Waals surface area contributed by atoms with Crippen molar-refractivity contribution in [2.24, 2.45) is 0 Å². The Balaban J connectivity index is 2.52. The number of carbonyl (C=O) groups excluding carboxylic acids is 1. The molecule has 124 valence electrons. The minimum Gasteiger partial charge on any atom is -0.496 e. The van der Waals surface area contributed by atoms with Gasteiger partial charge in [0.25, 0.3) is 0 Å². The molecule has 1 aromatic carbocycles. The highest BCUT2D eigenvalue weighted by molar-refractivity contribution is 6.10. The highest BCUT2D eigenvalue weighted by atomic mass is 16.5. The third-order valence-electron chi connectivity index (χ3n) is 4.36. The molecule has 0 spiro atoms. The first-order valence-electron chi connectivity index (χ1n) is 7.76. The second-order valence-corrected chi connectivity index (χ2v) is 5.91. The van der Waals surface area contributed by atoms with Gasteiger partial charge in [0.15, 0.2) is 0 Å². The maximum Gasteiger partial charge on any atom is 0.135 e. The van der Waals surface area contributed by atoms with Crippen LogP contribution in [0.5, 0.6) is 11.5 Å². The Kier molecular flexibility index (Phi) is 4.09. The minimum absolute atomic E-state index is 0.0579. The molecule has 0 aliphatic carbocycles. The molecule has 0 bridgehead atoms. The number of benzene rings is 1. The van der Waals surface area contributed by atoms with E-state index in [9.17, 15) is 4.79 Å². The van der Waals surface area contributed by atoms with E-state index in [1.165, 1.54) is 0 Å². The van der Waals surface area contributed by atoms with Crippen LogP contribution in [0.4, 0.5) is 0 Å². The lowest BCUT2D eigenvalue weighted by Gasteiger charge is -2.16. The van der Waals surface area contributed by atoms with E-state index in [-0.39, 0.29) is 12.2 Å². The Labute approximate surface area is 140 Å². The summed E-state index contributed by atoms with van der Waals surface area (Å²) in [6.07, 6.45) is 1.98. The Morgan fingerprint density at radius 2 is 1.67 bits per heavy atom. The highest BCUT2D eigenvalue weighted by Gasteiger charge is 2.18. The number of ketones is 1. The molecule has 5 nitrogen and oxygen atoms in total. The number of Topliss-reactive ketones (excluding diaryl/α,β-unsaturated/α-hetero) is 1. The van der Waals surface area contributed by atoms with Crippen LogP contribution in [0.1, 0.15) is 23.7 Å². The van der Waals surface area contributed by atoms with Gasteiger partial charge in [0, 0.05) is 29.5 Å². The number of hydrogen-bond donors (Lipinski definition) is 0. The van der Waals surface area contributed by atoms with E-state index in [1.54, 1.807) is 27.3 Å². The molecule has 0 N–H and O–H groups in total. The van der Waals surface area contributed by atoms with E-state index in [2.05, 4.69) is 4.98 Å². The third kappa shape index (κ3) is 2.46. The first-order chi connectivity index (χ1) is 11.5. The zero-order valence-electron chi connectivity index (χ0n) is 14.6. The average molecular weight is 324 g/mol. The lowest BCUT2D eigenvalue weighted by atomic mass is 9.97. The second kappa shape index (κ2) is 6.07. The van der Waals surface area contributed by atoms with Crippen molar-refractivity contribution in [2.75, 3.05) is 14.2 Å². The summed E-state index contributed by atoms with van der Waals surface area (Å²) in [6, 6.07) is 3.68. The first kappa shape index (κ1) is 16.2. The van der Waals surface area contributed by atoms with Crippen molar-refractivity contribution in [2.45, 2.75) is 27.2 Å². The maximum atomic E-state index is 11.5. The smallest absolute Gasteiger partial charge is 0.135 e. The summed E-state index contributed by atoms with van der Waals surface area (Å²) in [5.74, 6) is 1.53. The van der Waals surface area contributed by atoms with Crippen molar-refractivity contribution in [1.82, 2.24) is 9.97 Å². The number of aryl methyl sites for hydroxylation is 2. The molecule has 0 radical (unpaired) electrons. The van der Waals surface area contributed by atoms with Crippen LogP contribution in [0.15, 0.2) is 18.3 Å². The molecular formula is C19H20N2O3. The van der Waals surface area contributed by atoms with Crippen LogP contribution < -0.4 is 9.47 Å². The van der Waals surface area contributed by atoms with Crippen LogP contribution in [0.3, 0.4) is 0 Å². The van der Waals surface area contributed by atoms with Crippen LogP contribution in [0, 0.1) is 13.8 Å². The summed E-state index contributed by atoms with van der Waals surface area (Å²) >= 11 is 0. The van der Waals surface area contributed by atoms with Gasteiger partial charge in [-0.25, -0.2) is 4.98 Å². The molecule has 0 saturated heterocycles. The predicted molar refractivity (Wildman–Crippen MR) is 94.0 cm³/mol. The predicted octanol–water partition coefficient (Wildman–Crippen LogP) is 3.55. The Hall–Kier alpha value is -2.69. The van der Waals surface area contributed by atoms with Gasteiger partial charge in [-0.1, -0.05) is 0 Å². The summed E-state index contributed by atoms with van der Waals surface area (Å²) in [6.45, 7) is 5.64. The normalized spacial score (nSPS) is 11.0. The third-order valence-corrected chi connectivity index (χ3v) is 4.36. The molecule has 3 aromatic rings. The van der Waals surface area contributed by atoms with Gasteiger partial charge in [0.1, 0.15) is 28.3 Å². The molecule has 0 saturated carbocycles. The summed E-state index contributed by atoms with van der Waals surface area (Å²) in [4.78, 5) is 20.8. The maximum absolute atomic E-state index is 11.5. The van der Waals surface area contributed by atoms with E-state index in [1.807, 2.05) is 26.0 Å². The average Bonchev–Trinajstić information content (AvgIpc) is 2.57. The monoisotopic (exact) mass is 324 g/mol. The van der Waals surface area contributed by atoms with Gasteiger partial charge in [-0.2, -0.15) is 0 Å². The van der Waals surface area contributed by atoms with Gasteiger partial charge in [0.05, 0.1) is 19.9 Å². The van der Waals surface area contributed by atoms with E-state index in [4.69, 9.17) is 14.5 Å². The van der Waals surface area contributed by atoms with E-state index >= 15 is 0 Å². The number of nitrogens with zero attached hydrogens (tertiary/aromatic N) is 2. The number of methoxy groups -OCH3 is 2. The molecule has 2 heterocycles. The quantitative estimate of drug-likeness (QED) is 0.687. The van der Waals surface area contributed by atoms with Crippen molar-refractivity contribution in [3.63, 3.8) is 0 Å². The SMILES string of the molecule is COc1ccnc2c1c(C)c(C)c1c(OC)cc(CC(C)=O)nc12. The molecule has 2 aromatic heterocycles. The van der Waals surface area contributed by atoms with Crippen LogP contribution >= 0.6 is 0 Å². The molecule has 0 aliphatic rings. The van der Waals surface area contributed by atoms with Gasteiger partial charge in [-0.05, 0) is 38.0 Å². The molecule has 0 atom stereocenters. The molecule has 0 amide bonds. The highest BCUT2D eigenvalue weighted by Crippen LogP contribution is 2.39. The van der Waals surface area contributed by atoms with Crippen molar-refractivity contribution in [3.8, 4) is 11.5 Å². The number of carbonyl (C=O) groups is 1. The van der Waals surface area contributed by atoms with E-state index in [0.29, 0.717) is 11.4 Å². The standard InChI is InChI=1S/C19H20N2O3/c1-10(22)8-13-9-15(24-5)17-12(3)11(2)16-14(23-4)6-7-20-18(16)19(17)21-13/h6-7,9H,8H2,1-5H3. The zero-order chi connectivity index (χ0) is 17.4. The Morgan fingerprint density at radius 3 is 2.25 bits per heavy atom. The number of fused-ring (bicyclic) bond motifs is 3. The number of rotatable bonds is 4. The lowest BCUT2D eigenvalue weighted by molar-refractivity contribution is -0.116. The van der Waals surface area contributed by atoms with Crippen molar-refractivity contribution < 1.29 is 14.3 Å². The van der Waals surface area contributed by atoms with Crippen LogP contribution in [0.25, 0.3) is 21.8 Å². The molecular weight excluding hydrogens is 304 g/mol. The van der Waals surface area contributed by atoms with E-state index in [0.717, 1.165) is 38.7 Å². The fraction of sp³-hybridized carbons (Fsp3) is 0.316. The summed E-state index contributed by atoms with van der Waals surface area (Å²) < 4.78 is 11.1. The van der Waals surface area contributed by atoms with Crippen LogP contribution in [-0.2, 0) is 11.2 Å². The van der Waals surface area contributed by atoms with Crippen LogP contribution in [-0.4, -0.2) is 30.0 Å². The van der Waals surface area contributed by atoms with Gasteiger partial charge < -0.3 is 9.47 Å². The van der Waals surface area contributed by atoms with Gasteiger partial charge >= 0.3 is 0 Å². The number of ether oxygens (including phenoxy) is 2. The fourth-order valence-corrected chi connectivity index (χ4v) is 3.14. The molecule has 0 fully saturated rings. The van der Waals surface area contributed by atoms with Gasteiger partial charge in [-0.3, -0.25) is 9.78 Å². The van der Waals surface area contributed by atoms with Crippen molar-refractivity contribution >= 4 is 27.6 Å². The largest absolute Gasteiger partial charge is 0.496 e. The number of hydrogen-bond acceptors (Lipinski definition) is 5. The minimum atomic E-state index is 0.0579. The molecule has 5 heteroatoms. The summed E-state index contributed by atoms with van der Waals surface area (Å²) in [7, 11) is 3.28. The summed E-state index contributed by atoms with van der Waals surface area (Å²) in [5.41, 5.74) is 4.34. The van der Waals surface area contributed by atoms with Crippen LogP contribution in [0.2, 0.25) is 0 Å². The van der Waals surface area contributed by atoms with E-state index < -0.39 is 0 Å². The summed E-state index contributed by atoms with van der Waals surface area (Å²) in [5, 5.41) is 1.87. The number of pyridine rings is 2. The second-order valence-electron chi connectivity index (χ2n) is 5.91. The molecule has 0 aliphatic heterocycles. The zero-order valence-corrected chi connectivity index (χ0v) is 14.6. The Bertz CT molecular complexity index is 964. The topological polar surface area (TPSA) is 61.3 Å². The first-order valence-corrected chi connectivity index (χ1v) is 7.76. The molecule has 3 rings (SSSR count). The fourth-order valence-electron chi connectivity index (χ4n) is 3.14.